The predicted molar refractivity (Wildman–Crippen MR) is 166 cm³/mol. The maximum absolute atomic E-state index is 13.7. The number of carbonyl (C=O) groups excluding carboxylic acids is 2. The first-order valence-corrected chi connectivity index (χ1v) is 17.5. The Kier molecular flexibility index (Phi) is 10.3. The number of hydrogen-bond acceptors (Lipinski definition) is 10. The van der Waals surface area contributed by atoms with Crippen molar-refractivity contribution in [3.05, 3.63) is 26.9 Å². The zero-order chi connectivity index (χ0) is 32.4. The largest absolute Gasteiger partial charge is 0.481 e. The van der Waals surface area contributed by atoms with Crippen LogP contribution in [-0.4, -0.2) is 74.3 Å². The fourth-order valence-corrected chi connectivity index (χ4v) is 9.14. The average molecular weight is 655 g/mol. The number of amides is 2. The van der Waals surface area contributed by atoms with Gasteiger partial charge in [-0.15, -0.1) is 0 Å². The highest BCUT2D eigenvalue weighted by Gasteiger charge is 2.68. The van der Waals surface area contributed by atoms with Gasteiger partial charge in [-0.05, 0) is 73.6 Å². The molecule has 5 N–H and O–H groups in total. The Bertz CT molecular complexity index is 1360. The van der Waals surface area contributed by atoms with Gasteiger partial charge in [0.2, 0.25) is 11.8 Å². The second-order valence-electron chi connectivity index (χ2n) is 13.2. The minimum Gasteiger partial charge on any atom is -0.404 e. The molecular formula is C27H43BN6O8S2. The van der Waals surface area contributed by atoms with Gasteiger partial charge in [-0.3, -0.25) is 9.59 Å². The van der Waals surface area contributed by atoms with E-state index in [2.05, 4.69) is 36.4 Å². The van der Waals surface area contributed by atoms with Gasteiger partial charge in [-0.1, -0.05) is 33.1 Å². The molecule has 4 aliphatic rings. The summed E-state index contributed by atoms with van der Waals surface area (Å²) in [5.74, 6) is -2.00. The molecule has 2 amide bonds. The number of nitrogens with zero attached hydrogens (tertiary/aromatic N) is 2. The van der Waals surface area contributed by atoms with Gasteiger partial charge in [0.15, 0.2) is 14.9 Å². The zero-order valence-corrected chi connectivity index (χ0v) is 27.4. The molecule has 2 heterocycles. The summed E-state index contributed by atoms with van der Waals surface area (Å²) < 4.78 is 38.5. The first kappa shape index (κ1) is 34.1. The molecule has 3 aliphatic carbocycles. The lowest BCUT2D eigenvalue weighted by molar-refractivity contribution is -0.525. The topological polar surface area (TPSA) is 204 Å². The third kappa shape index (κ3) is 7.54. The van der Waals surface area contributed by atoms with E-state index in [1.165, 1.54) is 22.8 Å². The van der Waals surface area contributed by atoms with E-state index >= 15 is 0 Å². The van der Waals surface area contributed by atoms with E-state index in [0.717, 1.165) is 12.8 Å². The van der Waals surface area contributed by atoms with Crippen LogP contribution in [0, 0.1) is 33.3 Å². The van der Waals surface area contributed by atoms with Crippen LogP contribution in [0.5, 0.6) is 0 Å². The van der Waals surface area contributed by atoms with Crippen LogP contribution in [0.2, 0.25) is 0 Å². The highest BCUT2D eigenvalue weighted by Crippen LogP contribution is 2.65. The summed E-state index contributed by atoms with van der Waals surface area (Å²) in [6.07, 6.45) is 2.75. The van der Waals surface area contributed by atoms with Crippen LogP contribution in [0.4, 0.5) is 0 Å². The quantitative estimate of drug-likeness (QED) is 0.0571. The molecule has 14 nitrogen and oxygen atoms in total. The number of nitro groups is 1. The Morgan fingerprint density at radius 1 is 1.27 bits per heavy atom. The summed E-state index contributed by atoms with van der Waals surface area (Å²) in [5.41, 5.74) is 6.90. The Morgan fingerprint density at radius 3 is 2.61 bits per heavy atom. The lowest BCUT2D eigenvalue weighted by Crippen LogP contribution is -2.65. The molecule has 0 unspecified atom stereocenters. The highest BCUT2D eigenvalue weighted by molar-refractivity contribution is 7.92. The molecule has 1 saturated heterocycles. The third-order valence-corrected chi connectivity index (χ3v) is 11.8. The Balaban J connectivity index is 1.47. The summed E-state index contributed by atoms with van der Waals surface area (Å²) in [5, 5.41) is 18.4. The fourth-order valence-electron chi connectivity index (χ4n) is 6.91. The van der Waals surface area contributed by atoms with Gasteiger partial charge in [0.1, 0.15) is 11.8 Å². The minimum absolute atomic E-state index is 0.0299. The lowest BCUT2D eigenvalue weighted by Gasteiger charge is -2.64. The summed E-state index contributed by atoms with van der Waals surface area (Å²) in [7, 11) is -4.58. The van der Waals surface area contributed by atoms with Crippen molar-refractivity contribution >= 4 is 46.1 Å². The van der Waals surface area contributed by atoms with Gasteiger partial charge in [0.05, 0.1) is 22.5 Å². The van der Waals surface area contributed by atoms with E-state index in [9.17, 15) is 28.1 Å². The van der Waals surface area contributed by atoms with Crippen molar-refractivity contribution in [1.82, 2.24) is 16.1 Å². The van der Waals surface area contributed by atoms with Crippen molar-refractivity contribution in [1.29, 1.82) is 0 Å². The van der Waals surface area contributed by atoms with Crippen molar-refractivity contribution in [2.75, 3.05) is 12.3 Å². The summed E-state index contributed by atoms with van der Waals surface area (Å²) in [6.45, 7) is 10.7. The molecule has 44 heavy (non-hydrogen) atoms. The van der Waals surface area contributed by atoms with Crippen molar-refractivity contribution in [3.8, 4) is 0 Å². The van der Waals surface area contributed by atoms with Gasteiger partial charge in [0, 0.05) is 11.9 Å². The van der Waals surface area contributed by atoms with E-state index in [1.54, 1.807) is 10.8 Å². The molecule has 1 aromatic heterocycles. The van der Waals surface area contributed by atoms with Gasteiger partial charge in [0.25, 0.3) is 5.96 Å². The molecule has 2 bridgehead atoms. The number of thiophene rings is 1. The zero-order valence-electron chi connectivity index (χ0n) is 25.8. The van der Waals surface area contributed by atoms with E-state index < -0.39 is 63.1 Å². The van der Waals surface area contributed by atoms with Crippen molar-refractivity contribution in [3.63, 3.8) is 0 Å². The molecule has 0 spiro atoms. The van der Waals surface area contributed by atoms with Crippen LogP contribution < -0.4 is 21.8 Å². The van der Waals surface area contributed by atoms with Crippen LogP contribution in [0.1, 0.15) is 66.7 Å². The van der Waals surface area contributed by atoms with Crippen molar-refractivity contribution in [2.24, 2.45) is 33.9 Å². The van der Waals surface area contributed by atoms with Crippen LogP contribution in [-0.2, 0) is 28.7 Å². The standard InChI is InChI=1S/C27H43BN6O8S2/c1-16(2)11-22(28-41-21-13-17-12-20(26(17,3)4)27(21,5)42-28)32-24(36)19(7-6-9-30-25(29)33-34(37)38)31-23(35)15-44(39,40)18-8-10-43-14-18/h8,10,14,16-17,19-22H,6-7,9,11-13,15H2,1-5H3,(H,31,35)(H,32,36)(H3,29,30,33)/t17-,19-,20-,21+,22-,27-/m0/s1. The molecule has 17 heteroatoms. The van der Waals surface area contributed by atoms with E-state index in [4.69, 9.17) is 15.0 Å². The maximum atomic E-state index is 13.7. The number of nitrogens with one attached hydrogen (secondary N) is 3. The van der Waals surface area contributed by atoms with Gasteiger partial charge < -0.3 is 25.7 Å². The molecule has 0 aromatic carbocycles. The Labute approximate surface area is 262 Å². The first-order valence-electron chi connectivity index (χ1n) is 14.9. The molecule has 5 rings (SSSR count). The second-order valence-corrected chi connectivity index (χ2v) is 16.0. The Morgan fingerprint density at radius 2 is 2.00 bits per heavy atom. The molecule has 1 aliphatic heterocycles. The van der Waals surface area contributed by atoms with Crippen LogP contribution in [0.3, 0.4) is 0 Å². The van der Waals surface area contributed by atoms with Gasteiger partial charge in [-0.2, -0.15) is 11.3 Å². The number of guanidine groups is 1. The highest BCUT2D eigenvalue weighted by atomic mass is 32.2. The molecular weight excluding hydrogens is 611 g/mol. The average Bonchev–Trinajstić information content (AvgIpc) is 3.57. The number of carbonyl (C=O) groups is 2. The number of nitrogens with two attached hydrogens (primary N) is 1. The monoisotopic (exact) mass is 654 g/mol. The van der Waals surface area contributed by atoms with Gasteiger partial charge >= 0.3 is 7.12 Å². The first-order chi connectivity index (χ1) is 20.5. The lowest BCUT2D eigenvalue weighted by atomic mass is 9.43. The molecule has 1 aromatic rings. The van der Waals surface area contributed by atoms with E-state index in [-0.39, 0.29) is 41.7 Å². The third-order valence-electron chi connectivity index (χ3n) is 9.32. The van der Waals surface area contributed by atoms with E-state index in [0.29, 0.717) is 18.3 Å². The van der Waals surface area contributed by atoms with Gasteiger partial charge in [-0.25, -0.2) is 23.5 Å². The smallest absolute Gasteiger partial charge is 0.404 e. The van der Waals surface area contributed by atoms with E-state index in [1.807, 2.05) is 13.8 Å². The molecule has 3 saturated carbocycles. The predicted octanol–water partition coefficient (Wildman–Crippen LogP) is 1.68. The fraction of sp³-hybridized carbons (Fsp3) is 0.741. The number of aliphatic imine (C=N–C) groups is 1. The summed E-state index contributed by atoms with van der Waals surface area (Å²) in [4.78, 5) is 41.1. The normalized spacial score (nSPS) is 27.2. The van der Waals surface area contributed by atoms with Crippen LogP contribution in [0.25, 0.3) is 0 Å². The summed E-state index contributed by atoms with van der Waals surface area (Å²) in [6, 6.07) is 0.306. The number of sulfone groups is 1. The molecule has 0 radical (unpaired) electrons. The number of hydrazine groups is 1. The second kappa shape index (κ2) is 13.3. The summed E-state index contributed by atoms with van der Waals surface area (Å²) >= 11 is 1.20. The van der Waals surface area contributed by atoms with Crippen LogP contribution >= 0.6 is 11.3 Å². The number of rotatable bonds is 14. The molecule has 6 atom stereocenters. The van der Waals surface area contributed by atoms with Crippen molar-refractivity contribution in [2.45, 2.75) is 95.3 Å². The minimum atomic E-state index is -3.90. The maximum Gasteiger partial charge on any atom is 0.481 e. The molecule has 4 fully saturated rings. The Hall–Kier alpha value is -2.76. The number of hydrogen-bond donors (Lipinski definition) is 4. The van der Waals surface area contributed by atoms with Crippen molar-refractivity contribution < 1.29 is 32.3 Å². The molecule has 244 valence electrons. The van der Waals surface area contributed by atoms with Crippen LogP contribution in [0.15, 0.2) is 26.7 Å². The SMILES string of the molecule is CC(C)C[C@H](NC(=O)[C@H](CCCN=C(N)N[N+](=O)[O-])NC(=O)CS(=O)(=O)c1ccsc1)B1O[C@@H]2C[C@@H]3C[C@@H](C3(C)C)[C@]2(C)O1.